The zero-order chi connectivity index (χ0) is 11.7. The van der Waals surface area contributed by atoms with Crippen LogP contribution in [0, 0.1) is 0 Å². The lowest BCUT2D eigenvalue weighted by Crippen LogP contribution is -2.24. The lowest BCUT2D eigenvalue weighted by Gasteiger charge is -2.16. The summed E-state index contributed by atoms with van der Waals surface area (Å²) in [6.45, 7) is 0.529. The highest BCUT2D eigenvalue weighted by atomic mass is 79.9. The third-order valence-corrected chi connectivity index (χ3v) is 3.24. The molecule has 1 aromatic rings. The Morgan fingerprint density at radius 2 is 2.44 bits per heavy atom. The van der Waals surface area contributed by atoms with Gasteiger partial charge in [-0.25, -0.2) is 4.98 Å². The first-order valence-electron chi connectivity index (χ1n) is 4.76. The Hall–Kier alpha value is -0.810. The van der Waals surface area contributed by atoms with Crippen LogP contribution in [0.1, 0.15) is 6.42 Å². The van der Waals surface area contributed by atoms with Gasteiger partial charge in [-0.15, -0.1) is 11.6 Å². The summed E-state index contributed by atoms with van der Waals surface area (Å²) in [5.41, 5.74) is 0.737. The molecule has 1 saturated heterocycles. The summed E-state index contributed by atoms with van der Waals surface area (Å²) in [5.74, 6) is 0.525. The molecule has 0 saturated carbocycles. The minimum Gasteiger partial charge on any atom is -0.480 e. The Bertz CT molecular complexity index is 427. The summed E-state index contributed by atoms with van der Waals surface area (Å²) < 4.78 is 5.74. The second-order valence-electron chi connectivity index (χ2n) is 3.49. The van der Waals surface area contributed by atoms with Crippen LogP contribution in [0.5, 0.6) is 5.88 Å². The van der Waals surface area contributed by atoms with E-state index in [0.29, 0.717) is 18.8 Å². The number of nitrogens with zero attached hydrogens (tertiary/aromatic N) is 2. The maximum atomic E-state index is 11.6. The van der Waals surface area contributed by atoms with Crippen LogP contribution in [0.15, 0.2) is 16.7 Å². The second-order valence-corrected chi connectivity index (χ2v) is 4.96. The van der Waals surface area contributed by atoms with E-state index in [-0.39, 0.29) is 11.3 Å². The van der Waals surface area contributed by atoms with E-state index in [1.165, 1.54) is 0 Å². The van der Waals surface area contributed by atoms with E-state index in [1.54, 1.807) is 24.3 Å². The van der Waals surface area contributed by atoms with Crippen LogP contribution in [-0.4, -0.2) is 29.9 Å². The molecule has 1 aliphatic rings. The highest BCUT2D eigenvalue weighted by Gasteiger charge is 2.29. The number of anilines is 1. The first kappa shape index (κ1) is 11.7. The van der Waals surface area contributed by atoms with Gasteiger partial charge in [0.25, 0.3) is 0 Å². The number of hydrogen-bond acceptors (Lipinski definition) is 3. The molecule has 2 rings (SSSR count). The van der Waals surface area contributed by atoms with Crippen LogP contribution < -0.4 is 9.64 Å². The molecule has 16 heavy (non-hydrogen) atoms. The fraction of sp³-hybridized carbons (Fsp3) is 0.400. The zero-order valence-corrected chi connectivity index (χ0v) is 11.0. The van der Waals surface area contributed by atoms with Gasteiger partial charge >= 0.3 is 0 Å². The number of alkyl halides is 1. The Balaban J connectivity index is 2.28. The minimum absolute atomic E-state index is 0.0267. The molecule has 4 nitrogen and oxygen atoms in total. The van der Waals surface area contributed by atoms with Gasteiger partial charge < -0.3 is 9.64 Å². The van der Waals surface area contributed by atoms with Crippen molar-refractivity contribution in [3.05, 3.63) is 16.7 Å². The molecule has 0 bridgehead atoms. The summed E-state index contributed by atoms with van der Waals surface area (Å²) in [6, 6.07) is 1.80. The molecular formula is C10H10BrClN2O2. The van der Waals surface area contributed by atoms with E-state index in [4.69, 9.17) is 16.3 Å². The maximum Gasteiger partial charge on any atom is 0.228 e. The van der Waals surface area contributed by atoms with Gasteiger partial charge in [0.1, 0.15) is 0 Å². The van der Waals surface area contributed by atoms with Gasteiger partial charge in [0, 0.05) is 13.0 Å². The van der Waals surface area contributed by atoms with Gasteiger partial charge in [-0.05, 0) is 22.0 Å². The van der Waals surface area contributed by atoms with Gasteiger partial charge in [-0.2, -0.15) is 0 Å². The topological polar surface area (TPSA) is 42.4 Å². The number of ether oxygens (including phenoxy) is 1. The Labute approximate surface area is 107 Å². The van der Waals surface area contributed by atoms with Crippen molar-refractivity contribution >= 4 is 39.1 Å². The van der Waals surface area contributed by atoms with Crippen LogP contribution in [0.4, 0.5) is 5.69 Å². The van der Waals surface area contributed by atoms with Crippen molar-refractivity contribution in [2.24, 2.45) is 0 Å². The molecule has 1 aromatic heterocycles. The molecule has 1 aliphatic heterocycles. The highest BCUT2D eigenvalue weighted by molar-refractivity contribution is 9.10. The van der Waals surface area contributed by atoms with Gasteiger partial charge in [0.05, 0.1) is 28.8 Å². The normalized spacial score (nSPS) is 20.3. The SMILES string of the molecule is COc1ncc(N2CC(Cl)CC2=O)cc1Br. The molecule has 1 amide bonds. The lowest BCUT2D eigenvalue weighted by atomic mass is 10.4. The fourth-order valence-electron chi connectivity index (χ4n) is 1.63. The molecule has 6 heteroatoms. The van der Waals surface area contributed by atoms with Crippen molar-refractivity contribution in [2.45, 2.75) is 11.8 Å². The average Bonchev–Trinajstić information content (AvgIpc) is 2.58. The van der Waals surface area contributed by atoms with E-state index in [0.717, 1.165) is 10.2 Å². The molecule has 0 aromatic carbocycles. The standard InChI is InChI=1S/C10H10BrClN2O2/c1-16-10-8(11)3-7(4-13-10)14-5-6(12)2-9(14)15/h3-4,6H,2,5H2,1H3. The van der Waals surface area contributed by atoms with Gasteiger partial charge in [0.15, 0.2) is 0 Å². The number of carbonyl (C=O) groups excluding carboxylic acids is 1. The van der Waals surface area contributed by atoms with Crippen LogP contribution >= 0.6 is 27.5 Å². The van der Waals surface area contributed by atoms with Gasteiger partial charge in [0.2, 0.25) is 11.8 Å². The number of hydrogen-bond donors (Lipinski definition) is 0. The van der Waals surface area contributed by atoms with Gasteiger partial charge in [-0.3, -0.25) is 4.79 Å². The third kappa shape index (κ3) is 2.15. The Morgan fingerprint density at radius 1 is 1.69 bits per heavy atom. The summed E-state index contributed by atoms with van der Waals surface area (Å²) in [4.78, 5) is 17.3. The number of aromatic nitrogens is 1. The third-order valence-electron chi connectivity index (χ3n) is 2.38. The van der Waals surface area contributed by atoms with E-state index in [9.17, 15) is 4.79 Å². The first-order valence-corrected chi connectivity index (χ1v) is 5.98. The number of rotatable bonds is 2. The number of pyridine rings is 1. The van der Waals surface area contributed by atoms with E-state index in [1.807, 2.05) is 0 Å². The monoisotopic (exact) mass is 304 g/mol. The molecule has 86 valence electrons. The average molecular weight is 306 g/mol. The van der Waals surface area contributed by atoms with Crippen molar-refractivity contribution in [3.63, 3.8) is 0 Å². The summed E-state index contributed by atoms with van der Waals surface area (Å²) in [6.07, 6.45) is 1.99. The maximum absolute atomic E-state index is 11.6. The molecule has 0 aliphatic carbocycles. The summed E-state index contributed by atoms with van der Waals surface area (Å²) >= 11 is 9.26. The van der Waals surface area contributed by atoms with Crippen molar-refractivity contribution in [1.29, 1.82) is 0 Å². The van der Waals surface area contributed by atoms with E-state index < -0.39 is 0 Å². The van der Waals surface area contributed by atoms with E-state index in [2.05, 4.69) is 20.9 Å². The Morgan fingerprint density at radius 3 is 2.94 bits per heavy atom. The molecule has 1 fully saturated rings. The smallest absolute Gasteiger partial charge is 0.228 e. The van der Waals surface area contributed by atoms with Crippen molar-refractivity contribution in [2.75, 3.05) is 18.6 Å². The molecular weight excluding hydrogens is 295 g/mol. The predicted octanol–water partition coefficient (Wildman–Crippen LogP) is 2.20. The quantitative estimate of drug-likeness (QED) is 0.787. The number of methoxy groups -OCH3 is 1. The second kappa shape index (κ2) is 4.59. The van der Waals surface area contributed by atoms with Crippen molar-refractivity contribution in [1.82, 2.24) is 4.98 Å². The molecule has 1 unspecified atom stereocenters. The number of halogens is 2. The molecule has 0 radical (unpaired) electrons. The summed E-state index contributed by atoms with van der Waals surface area (Å²) in [7, 11) is 1.54. The number of amides is 1. The first-order chi connectivity index (χ1) is 7.61. The van der Waals surface area contributed by atoms with Crippen LogP contribution in [0.3, 0.4) is 0 Å². The molecule has 0 N–H and O–H groups in total. The van der Waals surface area contributed by atoms with Crippen LogP contribution in [0.2, 0.25) is 0 Å². The zero-order valence-electron chi connectivity index (χ0n) is 8.61. The van der Waals surface area contributed by atoms with Crippen LogP contribution in [0.25, 0.3) is 0 Å². The lowest BCUT2D eigenvalue weighted by molar-refractivity contribution is -0.117. The Kier molecular flexibility index (Phi) is 3.35. The van der Waals surface area contributed by atoms with Crippen molar-refractivity contribution < 1.29 is 9.53 Å². The predicted molar refractivity (Wildman–Crippen MR) is 65.1 cm³/mol. The molecule has 1 atom stereocenters. The highest BCUT2D eigenvalue weighted by Crippen LogP contribution is 2.30. The minimum atomic E-state index is -0.117. The summed E-state index contributed by atoms with van der Waals surface area (Å²) in [5, 5.41) is -0.117. The largest absolute Gasteiger partial charge is 0.480 e. The molecule has 2 heterocycles. The van der Waals surface area contributed by atoms with Crippen LogP contribution in [-0.2, 0) is 4.79 Å². The fourth-order valence-corrected chi connectivity index (χ4v) is 2.40. The van der Waals surface area contributed by atoms with E-state index >= 15 is 0 Å². The van der Waals surface area contributed by atoms with Crippen molar-refractivity contribution in [3.8, 4) is 5.88 Å². The number of carbonyl (C=O) groups is 1. The van der Waals surface area contributed by atoms with Gasteiger partial charge in [-0.1, -0.05) is 0 Å². The molecule has 0 spiro atoms.